The molecule has 7 heteroatoms. The summed E-state index contributed by atoms with van der Waals surface area (Å²) in [5.74, 6) is -1.36. The molecular formula is C19H20N4O2S. The van der Waals surface area contributed by atoms with Gasteiger partial charge < -0.3 is 10.6 Å². The molecule has 0 aliphatic carbocycles. The molecule has 3 rings (SSSR count). The van der Waals surface area contributed by atoms with Gasteiger partial charge in [-0.05, 0) is 24.1 Å². The lowest BCUT2D eigenvalue weighted by molar-refractivity contribution is -0.136. The number of rotatable bonds is 6. The molecule has 0 unspecified atom stereocenters. The van der Waals surface area contributed by atoms with E-state index >= 15 is 0 Å². The van der Waals surface area contributed by atoms with Crippen LogP contribution in [0.2, 0.25) is 0 Å². The van der Waals surface area contributed by atoms with Crippen LogP contribution in [0.25, 0.3) is 0 Å². The zero-order valence-corrected chi connectivity index (χ0v) is 15.3. The molecule has 0 fully saturated rings. The van der Waals surface area contributed by atoms with Gasteiger partial charge in [0.05, 0.1) is 25.0 Å². The number of anilines is 1. The topological polar surface area (TPSA) is 76.0 Å². The van der Waals surface area contributed by atoms with Crippen LogP contribution in [0, 0.1) is 0 Å². The van der Waals surface area contributed by atoms with Crippen LogP contribution in [-0.2, 0) is 29.1 Å². The summed E-state index contributed by atoms with van der Waals surface area (Å²) in [6.07, 6.45) is 4.19. The quantitative estimate of drug-likeness (QED) is 0.657. The standard InChI is InChI=1S/C19H20N4O2S/c1-2-16-8-9-17(26-16)11-20-18(24)19(25)22-15-10-21-23(13-15)12-14-6-4-3-5-7-14/h3-10,13H,2,11-12H2,1H3,(H,20,24)(H,22,25). The molecule has 2 amide bonds. The van der Waals surface area contributed by atoms with Crippen molar-refractivity contribution in [3.8, 4) is 0 Å². The third-order valence-corrected chi connectivity index (χ3v) is 5.00. The number of amides is 2. The number of aryl methyl sites for hydroxylation is 1. The van der Waals surface area contributed by atoms with E-state index in [0.29, 0.717) is 18.8 Å². The number of hydrogen-bond donors (Lipinski definition) is 2. The van der Waals surface area contributed by atoms with Crippen molar-refractivity contribution in [3.05, 3.63) is 70.2 Å². The average Bonchev–Trinajstić information content (AvgIpc) is 3.29. The molecule has 1 aromatic carbocycles. The van der Waals surface area contributed by atoms with Gasteiger partial charge in [-0.1, -0.05) is 37.3 Å². The van der Waals surface area contributed by atoms with Crippen LogP contribution in [0.3, 0.4) is 0 Å². The number of carbonyl (C=O) groups is 2. The average molecular weight is 368 g/mol. The van der Waals surface area contributed by atoms with Gasteiger partial charge in [-0.25, -0.2) is 0 Å². The number of hydrogen-bond acceptors (Lipinski definition) is 4. The van der Waals surface area contributed by atoms with Gasteiger partial charge in [-0.15, -0.1) is 11.3 Å². The van der Waals surface area contributed by atoms with Crippen LogP contribution in [0.15, 0.2) is 54.9 Å². The minimum Gasteiger partial charge on any atom is -0.343 e. The van der Waals surface area contributed by atoms with Crippen LogP contribution in [0.1, 0.15) is 22.2 Å². The highest BCUT2D eigenvalue weighted by Gasteiger charge is 2.14. The second-order valence-corrected chi connectivity index (χ2v) is 7.02. The smallest absolute Gasteiger partial charge is 0.313 e. The second kappa shape index (κ2) is 8.44. The number of nitrogens with zero attached hydrogens (tertiary/aromatic N) is 2. The molecule has 134 valence electrons. The van der Waals surface area contributed by atoms with Crippen molar-refractivity contribution in [2.75, 3.05) is 5.32 Å². The third kappa shape index (κ3) is 4.80. The number of benzene rings is 1. The molecule has 0 aliphatic heterocycles. The van der Waals surface area contributed by atoms with E-state index < -0.39 is 11.8 Å². The Balaban J connectivity index is 1.50. The maximum Gasteiger partial charge on any atom is 0.313 e. The minimum atomic E-state index is -0.698. The van der Waals surface area contributed by atoms with Crippen molar-refractivity contribution < 1.29 is 9.59 Å². The highest BCUT2D eigenvalue weighted by Crippen LogP contribution is 2.16. The Labute approximate surface area is 155 Å². The summed E-state index contributed by atoms with van der Waals surface area (Å²) in [6.45, 7) is 3.03. The van der Waals surface area contributed by atoms with Crippen molar-refractivity contribution in [1.82, 2.24) is 15.1 Å². The second-order valence-electron chi connectivity index (χ2n) is 5.77. The molecule has 2 aromatic heterocycles. The molecule has 0 saturated carbocycles. The molecule has 0 aliphatic rings. The highest BCUT2D eigenvalue weighted by atomic mass is 32.1. The van der Waals surface area contributed by atoms with E-state index in [0.717, 1.165) is 16.9 Å². The SMILES string of the molecule is CCc1ccc(CNC(=O)C(=O)Nc2cnn(Cc3ccccc3)c2)s1. The molecule has 2 heterocycles. The van der Waals surface area contributed by atoms with Crippen LogP contribution in [0.5, 0.6) is 0 Å². The van der Waals surface area contributed by atoms with E-state index in [1.807, 2.05) is 42.5 Å². The van der Waals surface area contributed by atoms with Gasteiger partial charge in [0.15, 0.2) is 0 Å². The number of carbonyl (C=O) groups excluding carboxylic acids is 2. The lowest BCUT2D eigenvalue weighted by Gasteiger charge is -2.04. The maximum atomic E-state index is 12.0. The molecule has 6 nitrogen and oxygen atoms in total. The first-order valence-corrected chi connectivity index (χ1v) is 9.19. The molecule has 0 spiro atoms. The molecular weight excluding hydrogens is 348 g/mol. The predicted octanol–water partition coefficient (Wildman–Crippen LogP) is 2.81. The van der Waals surface area contributed by atoms with Gasteiger partial charge in [0.25, 0.3) is 0 Å². The summed E-state index contributed by atoms with van der Waals surface area (Å²) in [4.78, 5) is 26.2. The summed E-state index contributed by atoms with van der Waals surface area (Å²) in [6, 6.07) is 13.9. The van der Waals surface area contributed by atoms with Gasteiger partial charge in [0.1, 0.15) is 0 Å². The summed E-state index contributed by atoms with van der Waals surface area (Å²) in [7, 11) is 0. The molecule has 26 heavy (non-hydrogen) atoms. The summed E-state index contributed by atoms with van der Waals surface area (Å²) < 4.78 is 1.71. The number of aromatic nitrogens is 2. The Morgan fingerprint density at radius 3 is 2.58 bits per heavy atom. The van der Waals surface area contributed by atoms with E-state index in [2.05, 4.69) is 22.7 Å². The van der Waals surface area contributed by atoms with Crippen molar-refractivity contribution in [3.63, 3.8) is 0 Å². The molecule has 0 radical (unpaired) electrons. The Hall–Kier alpha value is -2.93. The first-order valence-electron chi connectivity index (χ1n) is 8.37. The van der Waals surface area contributed by atoms with Crippen molar-refractivity contribution in [2.24, 2.45) is 0 Å². The largest absolute Gasteiger partial charge is 0.343 e. The van der Waals surface area contributed by atoms with Crippen LogP contribution in [0.4, 0.5) is 5.69 Å². The van der Waals surface area contributed by atoms with Crippen LogP contribution < -0.4 is 10.6 Å². The third-order valence-electron chi connectivity index (χ3n) is 3.77. The molecule has 3 aromatic rings. The van der Waals surface area contributed by atoms with Crippen LogP contribution in [-0.4, -0.2) is 21.6 Å². The van der Waals surface area contributed by atoms with E-state index in [9.17, 15) is 9.59 Å². The summed E-state index contributed by atoms with van der Waals surface area (Å²) >= 11 is 1.64. The fourth-order valence-corrected chi connectivity index (χ4v) is 3.33. The van der Waals surface area contributed by atoms with Gasteiger partial charge in [0, 0.05) is 16.0 Å². The van der Waals surface area contributed by atoms with Gasteiger partial charge in [-0.3, -0.25) is 14.3 Å². The van der Waals surface area contributed by atoms with Gasteiger partial charge in [0.2, 0.25) is 0 Å². The Morgan fingerprint density at radius 2 is 1.85 bits per heavy atom. The lowest BCUT2D eigenvalue weighted by atomic mass is 10.2. The van der Waals surface area contributed by atoms with Gasteiger partial charge >= 0.3 is 11.8 Å². The minimum absolute atomic E-state index is 0.351. The predicted molar refractivity (Wildman–Crippen MR) is 102 cm³/mol. The van der Waals surface area contributed by atoms with E-state index in [-0.39, 0.29) is 0 Å². The number of nitrogens with one attached hydrogen (secondary N) is 2. The molecule has 0 bridgehead atoms. The zero-order chi connectivity index (χ0) is 18.4. The van der Waals surface area contributed by atoms with Crippen molar-refractivity contribution in [1.29, 1.82) is 0 Å². The molecule has 0 saturated heterocycles. The number of thiophene rings is 1. The highest BCUT2D eigenvalue weighted by molar-refractivity contribution is 7.11. The Kier molecular flexibility index (Phi) is 5.80. The Bertz CT molecular complexity index is 886. The fraction of sp³-hybridized carbons (Fsp3) is 0.211. The van der Waals surface area contributed by atoms with E-state index in [1.165, 1.54) is 11.1 Å². The summed E-state index contributed by atoms with van der Waals surface area (Å²) in [5.41, 5.74) is 1.60. The van der Waals surface area contributed by atoms with Crippen molar-refractivity contribution >= 4 is 28.8 Å². The molecule has 2 N–H and O–H groups in total. The molecule has 0 atom stereocenters. The van der Waals surface area contributed by atoms with Crippen molar-refractivity contribution in [2.45, 2.75) is 26.4 Å². The normalized spacial score (nSPS) is 10.5. The first-order chi connectivity index (χ1) is 12.6. The fourth-order valence-electron chi connectivity index (χ4n) is 2.43. The Morgan fingerprint density at radius 1 is 1.08 bits per heavy atom. The zero-order valence-electron chi connectivity index (χ0n) is 14.4. The van der Waals surface area contributed by atoms with Gasteiger partial charge in [-0.2, -0.15) is 5.10 Å². The lowest BCUT2D eigenvalue weighted by Crippen LogP contribution is -2.34. The maximum absolute atomic E-state index is 12.0. The monoisotopic (exact) mass is 368 g/mol. The first kappa shape index (κ1) is 17.9. The summed E-state index contributed by atoms with van der Waals surface area (Å²) in [5, 5.41) is 9.41. The van der Waals surface area contributed by atoms with Crippen LogP contribution >= 0.6 is 11.3 Å². The van der Waals surface area contributed by atoms with E-state index in [1.54, 1.807) is 22.2 Å². The van der Waals surface area contributed by atoms with E-state index in [4.69, 9.17) is 0 Å².